The highest BCUT2D eigenvalue weighted by molar-refractivity contribution is 5.83. The first-order valence-corrected chi connectivity index (χ1v) is 9.07. The summed E-state index contributed by atoms with van der Waals surface area (Å²) in [5, 5.41) is 6.37. The Labute approximate surface area is 169 Å². The molecule has 0 radical (unpaired) electrons. The van der Waals surface area contributed by atoms with Crippen molar-refractivity contribution in [3.05, 3.63) is 60.0 Å². The fraction of sp³-hybridized carbons (Fsp3) is 0.250. The highest BCUT2D eigenvalue weighted by Crippen LogP contribution is 2.34. The molecule has 0 aliphatic carbocycles. The number of halogens is 3. The lowest BCUT2D eigenvalue weighted by molar-refractivity contribution is -0.137. The monoisotopic (exact) mass is 418 g/mol. The second-order valence-corrected chi connectivity index (χ2v) is 6.66. The van der Waals surface area contributed by atoms with E-state index >= 15 is 0 Å². The molecule has 10 heteroatoms. The molecular formula is C20H17F3N4O3. The lowest BCUT2D eigenvalue weighted by Crippen LogP contribution is -2.48. The van der Waals surface area contributed by atoms with E-state index < -0.39 is 17.8 Å². The molecule has 1 N–H and O–H groups in total. The van der Waals surface area contributed by atoms with Crippen molar-refractivity contribution < 1.29 is 27.2 Å². The molecule has 0 saturated carbocycles. The highest BCUT2D eigenvalue weighted by Gasteiger charge is 2.32. The van der Waals surface area contributed by atoms with Gasteiger partial charge < -0.3 is 19.5 Å². The molecule has 0 fully saturated rings. The second kappa shape index (κ2) is 7.69. The number of rotatable bonds is 4. The van der Waals surface area contributed by atoms with Gasteiger partial charge in [0.05, 0.1) is 24.3 Å². The average molecular weight is 418 g/mol. The third-order valence-electron chi connectivity index (χ3n) is 4.64. The number of carbonyl (C=O) groups excluding carboxylic acids is 1. The molecule has 7 nitrogen and oxygen atoms in total. The lowest BCUT2D eigenvalue weighted by atomic mass is 10.1. The van der Waals surface area contributed by atoms with Crippen molar-refractivity contribution in [1.29, 1.82) is 0 Å². The molecule has 0 bridgehead atoms. The van der Waals surface area contributed by atoms with Crippen LogP contribution in [0.5, 0.6) is 5.75 Å². The number of hydrogen-bond acceptors (Lipinski definition) is 6. The minimum atomic E-state index is -4.46. The molecule has 2 aromatic carbocycles. The topological polar surface area (TPSA) is 80.5 Å². The molecule has 1 atom stereocenters. The van der Waals surface area contributed by atoms with Crippen LogP contribution in [-0.2, 0) is 17.5 Å². The largest absolute Gasteiger partial charge is 0.477 e. The van der Waals surface area contributed by atoms with Crippen LogP contribution in [-0.4, -0.2) is 35.7 Å². The zero-order valence-corrected chi connectivity index (χ0v) is 15.8. The molecule has 1 aliphatic heterocycles. The average Bonchev–Trinajstić information content (AvgIpc) is 3.21. The first-order valence-electron chi connectivity index (χ1n) is 9.07. The van der Waals surface area contributed by atoms with Crippen LogP contribution in [0.1, 0.15) is 11.5 Å². The Kier molecular flexibility index (Phi) is 5.06. The number of anilines is 1. The van der Waals surface area contributed by atoms with Crippen molar-refractivity contribution in [1.82, 2.24) is 15.5 Å². The number of para-hydroxylation sites is 2. The molecule has 1 aliphatic rings. The van der Waals surface area contributed by atoms with Crippen molar-refractivity contribution in [2.75, 3.05) is 18.5 Å². The number of carbonyl (C=O) groups is 1. The van der Waals surface area contributed by atoms with Crippen molar-refractivity contribution >= 4 is 11.6 Å². The van der Waals surface area contributed by atoms with Crippen LogP contribution in [0.3, 0.4) is 0 Å². The van der Waals surface area contributed by atoms with Crippen LogP contribution in [0.25, 0.3) is 11.4 Å². The number of nitrogens with zero attached hydrogens (tertiary/aromatic N) is 3. The van der Waals surface area contributed by atoms with Gasteiger partial charge >= 0.3 is 6.18 Å². The van der Waals surface area contributed by atoms with Gasteiger partial charge in [0.15, 0.2) is 6.10 Å². The molecule has 0 saturated heterocycles. The van der Waals surface area contributed by atoms with E-state index in [-0.39, 0.29) is 36.3 Å². The van der Waals surface area contributed by atoms with E-state index in [1.54, 1.807) is 12.1 Å². The summed E-state index contributed by atoms with van der Waals surface area (Å²) in [5.74, 6) is 0.523. The minimum absolute atomic E-state index is 0.0560. The third-order valence-corrected chi connectivity index (χ3v) is 4.64. The van der Waals surface area contributed by atoms with Gasteiger partial charge in [-0.1, -0.05) is 29.4 Å². The summed E-state index contributed by atoms with van der Waals surface area (Å²) in [5.41, 5.74) is 0.156. The fourth-order valence-corrected chi connectivity index (χ4v) is 3.19. The summed E-state index contributed by atoms with van der Waals surface area (Å²) < 4.78 is 49.9. The Bertz CT molecular complexity index is 1070. The van der Waals surface area contributed by atoms with Crippen molar-refractivity contribution in [2.24, 2.45) is 0 Å². The maximum atomic E-state index is 13.0. The van der Waals surface area contributed by atoms with Gasteiger partial charge in [0.25, 0.3) is 5.91 Å². The molecule has 3 aromatic rings. The van der Waals surface area contributed by atoms with Gasteiger partial charge in [-0.3, -0.25) is 4.79 Å². The number of benzene rings is 2. The Balaban J connectivity index is 1.58. The number of amides is 1. The maximum absolute atomic E-state index is 13.0. The number of fused-ring (bicyclic) bond motifs is 1. The molecule has 0 spiro atoms. The maximum Gasteiger partial charge on any atom is 0.416 e. The van der Waals surface area contributed by atoms with Crippen LogP contribution in [0.4, 0.5) is 18.9 Å². The zero-order valence-electron chi connectivity index (χ0n) is 15.8. The van der Waals surface area contributed by atoms with Crippen molar-refractivity contribution in [3.8, 4) is 17.1 Å². The Morgan fingerprint density at radius 3 is 2.80 bits per heavy atom. The van der Waals surface area contributed by atoms with E-state index in [2.05, 4.69) is 15.5 Å². The Morgan fingerprint density at radius 1 is 1.23 bits per heavy atom. The fourth-order valence-electron chi connectivity index (χ4n) is 3.19. The normalized spacial score (nSPS) is 16.0. The number of alkyl halides is 3. The number of likely N-dealkylation sites (N-methyl/N-ethyl adjacent to an activating group) is 1. The zero-order chi connectivity index (χ0) is 21.3. The molecular weight excluding hydrogens is 401 g/mol. The summed E-state index contributed by atoms with van der Waals surface area (Å²) in [6, 6.07) is 11.9. The number of ether oxygens (including phenoxy) is 1. The minimum Gasteiger partial charge on any atom is -0.477 e. The predicted octanol–water partition coefficient (Wildman–Crippen LogP) is 3.27. The number of aromatic nitrogens is 2. The van der Waals surface area contributed by atoms with E-state index in [0.29, 0.717) is 5.75 Å². The molecule has 1 amide bonds. The van der Waals surface area contributed by atoms with Gasteiger partial charge in [0, 0.05) is 12.6 Å². The first-order chi connectivity index (χ1) is 14.3. The van der Waals surface area contributed by atoms with E-state index in [4.69, 9.17) is 9.26 Å². The van der Waals surface area contributed by atoms with Gasteiger partial charge in [-0.15, -0.1) is 0 Å². The van der Waals surface area contributed by atoms with Crippen LogP contribution in [0, 0.1) is 0 Å². The van der Waals surface area contributed by atoms with Gasteiger partial charge in [-0.05, 0) is 24.3 Å². The number of nitrogens with one attached hydrogen (secondary N) is 1. The van der Waals surface area contributed by atoms with Crippen LogP contribution in [0.15, 0.2) is 53.1 Å². The summed E-state index contributed by atoms with van der Waals surface area (Å²) >= 11 is 0. The molecule has 30 heavy (non-hydrogen) atoms. The molecule has 2 heterocycles. The van der Waals surface area contributed by atoms with E-state index in [1.807, 2.05) is 17.0 Å². The van der Waals surface area contributed by atoms with Crippen LogP contribution in [0.2, 0.25) is 0 Å². The molecule has 156 valence electrons. The van der Waals surface area contributed by atoms with Crippen LogP contribution >= 0.6 is 0 Å². The standard InChI is InChI=1S/C20H17F3N4O3/c1-24-19(28)16-10-27(14-7-2-3-8-15(14)29-16)11-17-25-18(26-30-17)12-5-4-6-13(9-12)20(21,22)23/h2-9,16H,10-11H2,1H3,(H,24,28)/t16-/m0/s1. The SMILES string of the molecule is CNC(=O)[C@@H]1CN(Cc2nc(-c3cccc(C(F)(F)F)c3)no2)c2ccccc2O1. The van der Waals surface area contributed by atoms with E-state index in [1.165, 1.54) is 19.2 Å². The molecule has 4 rings (SSSR count). The quantitative estimate of drug-likeness (QED) is 0.701. The lowest BCUT2D eigenvalue weighted by Gasteiger charge is -2.34. The highest BCUT2D eigenvalue weighted by atomic mass is 19.4. The van der Waals surface area contributed by atoms with Crippen molar-refractivity contribution in [2.45, 2.75) is 18.8 Å². The molecule has 1 aromatic heterocycles. The third kappa shape index (κ3) is 3.93. The van der Waals surface area contributed by atoms with E-state index in [9.17, 15) is 18.0 Å². The van der Waals surface area contributed by atoms with Crippen molar-refractivity contribution in [3.63, 3.8) is 0 Å². The van der Waals surface area contributed by atoms with E-state index in [0.717, 1.165) is 17.8 Å². The summed E-state index contributed by atoms with van der Waals surface area (Å²) in [6.45, 7) is 0.414. The van der Waals surface area contributed by atoms with Gasteiger partial charge in [-0.2, -0.15) is 18.2 Å². The first kappa shape index (κ1) is 19.7. The smallest absolute Gasteiger partial charge is 0.416 e. The number of hydrogen-bond donors (Lipinski definition) is 1. The summed E-state index contributed by atoms with van der Waals surface area (Å²) in [4.78, 5) is 18.2. The van der Waals surface area contributed by atoms with Gasteiger partial charge in [0.1, 0.15) is 5.75 Å². The Hall–Kier alpha value is -3.56. The Morgan fingerprint density at radius 2 is 2.03 bits per heavy atom. The molecule has 0 unspecified atom stereocenters. The summed E-state index contributed by atoms with van der Waals surface area (Å²) in [7, 11) is 1.52. The van der Waals surface area contributed by atoms with Gasteiger partial charge in [-0.25, -0.2) is 0 Å². The second-order valence-electron chi connectivity index (χ2n) is 6.66. The van der Waals surface area contributed by atoms with Gasteiger partial charge in [0.2, 0.25) is 11.7 Å². The summed E-state index contributed by atoms with van der Waals surface area (Å²) in [6.07, 6.45) is -5.19. The van der Waals surface area contributed by atoms with Crippen LogP contribution < -0.4 is 15.0 Å². The predicted molar refractivity (Wildman–Crippen MR) is 101 cm³/mol.